The van der Waals surface area contributed by atoms with Crippen molar-refractivity contribution in [1.82, 2.24) is 9.80 Å². The molecule has 6 heteroatoms. The van der Waals surface area contributed by atoms with Crippen molar-refractivity contribution in [2.24, 2.45) is 5.73 Å². The number of piperazine rings is 1. The molecule has 1 heterocycles. The van der Waals surface area contributed by atoms with Crippen LogP contribution in [-0.4, -0.2) is 59.6 Å². The number of amides is 1. The summed E-state index contributed by atoms with van der Waals surface area (Å²) in [5, 5.41) is 10.9. The minimum absolute atomic E-state index is 0.236. The fraction of sp³-hybridized carbons (Fsp3) is 0.533. The van der Waals surface area contributed by atoms with E-state index in [0.29, 0.717) is 11.6 Å². The van der Waals surface area contributed by atoms with Gasteiger partial charge in [0.15, 0.2) is 0 Å². The van der Waals surface area contributed by atoms with Gasteiger partial charge in [-0.05, 0) is 13.0 Å². The number of carbonyl (C=O) groups excluding carboxylic acids is 1. The first-order valence-corrected chi connectivity index (χ1v) is 7.55. The third kappa shape index (κ3) is 4.17. The van der Waals surface area contributed by atoms with Crippen LogP contribution in [0, 0.1) is 0 Å². The quantitative estimate of drug-likeness (QED) is 0.846. The van der Waals surface area contributed by atoms with Crippen molar-refractivity contribution in [1.29, 1.82) is 0 Å². The van der Waals surface area contributed by atoms with Gasteiger partial charge < -0.3 is 10.8 Å². The molecule has 1 saturated heterocycles. The Morgan fingerprint density at radius 1 is 1.33 bits per heavy atom. The molecule has 2 unspecified atom stereocenters. The van der Waals surface area contributed by atoms with E-state index in [2.05, 4.69) is 9.80 Å². The van der Waals surface area contributed by atoms with Crippen molar-refractivity contribution in [3.05, 3.63) is 34.9 Å². The Bertz CT molecular complexity index is 490. The van der Waals surface area contributed by atoms with Gasteiger partial charge in [-0.2, -0.15) is 0 Å². The third-order valence-corrected chi connectivity index (χ3v) is 4.41. The van der Waals surface area contributed by atoms with Crippen LogP contribution in [0.15, 0.2) is 24.3 Å². The molecule has 0 saturated carbocycles. The molecular formula is C15H22ClN3O2. The van der Waals surface area contributed by atoms with E-state index in [-0.39, 0.29) is 11.9 Å². The molecule has 0 bridgehead atoms. The van der Waals surface area contributed by atoms with Crippen LogP contribution in [0.3, 0.4) is 0 Å². The van der Waals surface area contributed by atoms with Crippen molar-refractivity contribution >= 4 is 17.5 Å². The van der Waals surface area contributed by atoms with E-state index < -0.39 is 6.10 Å². The number of rotatable bonds is 5. The molecule has 1 fully saturated rings. The maximum atomic E-state index is 11.2. The standard InChI is InChI=1S/C15H22ClN3O2/c1-11(15(17)21)19-8-6-18(7-9-19)10-14(20)12-4-2-3-5-13(12)16/h2-5,11,14,20H,6-10H2,1H3,(H2,17,21). The normalized spacial score (nSPS) is 20.1. The first-order chi connectivity index (χ1) is 9.99. The van der Waals surface area contributed by atoms with Crippen LogP contribution in [0.1, 0.15) is 18.6 Å². The largest absolute Gasteiger partial charge is 0.387 e. The maximum Gasteiger partial charge on any atom is 0.234 e. The zero-order chi connectivity index (χ0) is 15.4. The van der Waals surface area contributed by atoms with Gasteiger partial charge >= 0.3 is 0 Å². The van der Waals surface area contributed by atoms with Gasteiger partial charge in [0, 0.05) is 43.3 Å². The molecule has 0 aromatic heterocycles. The summed E-state index contributed by atoms with van der Waals surface area (Å²) in [7, 11) is 0. The Hall–Kier alpha value is -1.14. The molecule has 1 aromatic rings. The number of β-amino-alcohol motifs (C(OH)–C–C–N with tert-alkyl or cyclic N) is 1. The number of halogens is 1. The van der Waals surface area contributed by atoms with Gasteiger partial charge in [0.2, 0.25) is 5.91 Å². The molecule has 1 aromatic carbocycles. The topological polar surface area (TPSA) is 69.8 Å². The molecule has 0 aliphatic carbocycles. The summed E-state index contributed by atoms with van der Waals surface area (Å²) in [5.74, 6) is -0.292. The fourth-order valence-corrected chi connectivity index (χ4v) is 2.86. The average Bonchev–Trinajstić information content (AvgIpc) is 2.47. The summed E-state index contributed by atoms with van der Waals surface area (Å²) in [6.07, 6.45) is -0.598. The van der Waals surface area contributed by atoms with Crippen LogP contribution >= 0.6 is 11.6 Å². The van der Waals surface area contributed by atoms with Crippen LogP contribution in [0.25, 0.3) is 0 Å². The number of primary amides is 1. The number of carbonyl (C=O) groups is 1. The monoisotopic (exact) mass is 311 g/mol. The predicted octanol–water partition coefficient (Wildman–Crippen LogP) is 0.865. The number of hydrogen-bond donors (Lipinski definition) is 2. The SMILES string of the molecule is CC(C(N)=O)N1CCN(CC(O)c2ccccc2Cl)CC1. The summed E-state index contributed by atoms with van der Waals surface area (Å²) >= 11 is 6.10. The van der Waals surface area contributed by atoms with Crippen molar-refractivity contribution in [2.45, 2.75) is 19.1 Å². The second-order valence-electron chi connectivity index (χ2n) is 5.45. The summed E-state index contributed by atoms with van der Waals surface area (Å²) in [5.41, 5.74) is 6.08. The molecule has 0 radical (unpaired) electrons. The minimum atomic E-state index is -0.598. The van der Waals surface area contributed by atoms with E-state index in [1.54, 1.807) is 6.07 Å². The Morgan fingerprint density at radius 3 is 2.52 bits per heavy atom. The molecule has 21 heavy (non-hydrogen) atoms. The highest BCUT2D eigenvalue weighted by Crippen LogP contribution is 2.23. The molecule has 2 rings (SSSR count). The molecule has 1 aliphatic rings. The van der Waals surface area contributed by atoms with Gasteiger partial charge in [-0.3, -0.25) is 14.6 Å². The average molecular weight is 312 g/mol. The van der Waals surface area contributed by atoms with Gasteiger partial charge in [0.05, 0.1) is 12.1 Å². The number of nitrogens with zero attached hydrogens (tertiary/aromatic N) is 2. The lowest BCUT2D eigenvalue weighted by Gasteiger charge is -2.37. The molecule has 116 valence electrons. The van der Waals surface area contributed by atoms with E-state index in [1.807, 2.05) is 25.1 Å². The zero-order valence-corrected chi connectivity index (χ0v) is 13.0. The van der Waals surface area contributed by atoms with Crippen molar-refractivity contribution in [2.75, 3.05) is 32.7 Å². The van der Waals surface area contributed by atoms with Gasteiger partial charge in [-0.15, -0.1) is 0 Å². The molecule has 5 nitrogen and oxygen atoms in total. The van der Waals surface area contributed by atoms with E-state index in [0.717, 1.165) is 31.7 Å². The van der Waals surface area contributed by atoms with E-state index >= 15 is 0 Å². The maximum absolute atomic E-state index is 11.2. The molecule has 1 aliphatic heterocycles. The van der Waals surface area contributed by atoms with Gasteiger partial charge in [-0.25, -0.2) is 0 Å². The van der Waals surface area contributed by atoms with Crippen LogP contribution in [0.5, 0.6) is 0 Å². The Balaban J connectivity index is 1.86. The fourth-order valence-electron chi connectivity index (χ4n) is 2.60. The highest BCUT2D eigenvalue weighted by atomic mass is 35.5. The summed E-state index contributed by atoms with van der Waals surface area (Å²) < 4.78 is 0. The highest BCUT2D eigenvalue weighted by molar-refractivity contribution is 6.31. The molecule has 0 spiro atoms. The van der Waals surface area contributed by atoms with Crippen molar-refractivity contribution in [3.63, 3.8) is 0 Å². The lowest BCUT2D eigenvalue weighted by Crippen LogP contribution is -2.53. The second-order valence-corrected chi connectivity index (χ2v) is 5.86. The Morgan fingerprint density at radius 2 is 1.95 bits per heavy atom. The summed E-state index contributed by atoms with van der Waals surface area (Å²) in [6, 6.07) is 7.12. The number of benzene rings is 1. The van der Waals surface area contributed by atoms with Crippen LogP contribution in [0.2, 0.25) is 5.02 Å². The Kier molecular flexibility index (Phi) is 5.58. The second kappa shape index (κ2) is 7.22. The lowest BCUT2D eigenvalue weighted by molar-refractivity contribution is -0.123. The third-order valence-electron chi connectivity index (χ3n) is 4.06. The lowest BCUT2D eigenvalue weighted by atomic mass is 10.1. The number of nitrogens with two attached hydrogens (primary N) is 1. The van der Waals surface area contributed by atoms with Crippen LogP contribution in [0.4, 0.5) is 0 Å². The molecule has 2 atom stereocenters. The van der Waals surface area contributed by atoms with E-state index in [9.17, 15) is 9.90 Å². The number of aliphatic hydroxyl groups is 1. The van der Waals surface area contributed by atoms with Gasteiger partial charge in [-0.1, -0.05) is 29.8 Å². The number of aliphatic hydroxyl groups excluding tert-OH is 1. The van der Waals surface area contributed by atoms with Crippen LogP contribution in [-0.2, 0) is 4.79 Å². The van der Waals surface area contributed by atoms with E-state index in [1.165, 1.54) is 0 Å². The van der Waals surface area contributed by atoms with Crippen molar-refractivity contribution in [3.8, 4) is 0 Å². The van der Waals surface area contributed by atoms with Crippen LogP contribution < -0.4 is 5.73 Å². The Labute approximate surface area is 130 Å². The van der Waals surface area contributed by atoms with Crippen molar-refractivity contribution < 1.29 is 9.90 Å². The number of hydrogen-bond acceptors (Lipinski definition) is 4. The van der Waals surface area contributed by atoms with E-state index in [4.69, 9.17) is 17.3 Å². The smallest absolute Gasteiger partial charge is 0.234 e. The summed E-state index contributed by atoms with van der Waals surface area (Å²) in [6.45, 7) is 5.54. The molecule has 3 N–H and O–H groups in total. The molecule has 1 amide bonds. The van der Waals surface area contributed by atoms with Gasteiger partial charge in [0.1, 0.15) is 0 Å². The first kappa shape index (κ1) is 16.2. The molecular weight excluding hydrogens is 290 g/mol. The van der Waals surface area contributed by atoms with Gasteiger partial charge in [0.25, 0.3) is 0 Å². The summed E-state index contributed by atoms with van der Waals surface area (Å²) in [4.78, 5) is 15.4. The predicted molar refractivity (Wildman–Crippen MR) is 83.1 cm³/mol. The zero-order valence-electron chi connectivity index (χ0n) is 12.2. The highest BCUT2D eigenvalue weighted by Gasteiger charge is 2.25. The minimum Gasteiger partial charge on any atom is -0.387 e. The first-order valence-electron chi connectivity index (χ1n) is 7.17.